The number of thiol groups is 1. The predicted molar refractivity (Wildman–Crippen MR) is 33.7 cm³/mol. The standard InChI is InChI=1S/C4H3ClO2S/c5-4(7)1-3(8)2-6/h8H,1H2. The second-order valence-corrected chi connectivity index (χ2v) is 2.04. The van der Waals surface area contributed by atoms with E-state index < -0.39 is 5.24 Å². The van der Waals surface area contributed by atoms with E-state index in [0.29, 0.717) is 0 Å². The summed E-state index contributed by atoms with van der Waals surface area (Å²) in [7, 11) is 0. The van der Waals surface area contributed by atoms with Crippen LogP contribution in [0.25, 0.3) is 0 Å². The van der Waals surface area contributed by atoms with Gasteiger partial charge in [-0.05, 0) is 11.6 Å². The highest BCUT2D eigenvalue weighted by atomic mass is 35.5. The number of allylic oxidation sites excluding steroid dienone is 1. The largest absolute Gasteiger partial charge is 0.281 e. The van der Waals surface area contributed by atoms with Crippen LogP contribution in [0.2, 0.25) is 0 Å². The molecule has 0 saturated carbocycles. The molecule has 0 rings (SSSR count). The fraction of sp³-hybridized carbons (Fsp3) is 0.250. The Morgan fingerprint density at radius 1 is 1.75 bits per heavy atom. The molecule has 0 bridgehead atoms. The van der Waals surface area contributed by atoms with Crippen LogP contribution in [0.3, 0.4) is 0 Å². The molecule has 0 aliphatic carbocycles. The van der Waals surface area contributed by atoms with Gasteiger partial charge in [0, 0.05) is 0 Å². The minimum atomic E-state index is -0.599. The molecule has 0 amide bonds. The number of hydrogen-bond acceptors (Lipinski definition) is 3. The molecular weight excluding hydrogens is 148 g/mol. The molecule has 8 heavy (non-hydrogen) atoms. The summed E-state index contributed by atoms with van der Waals surface area (Å²) < 4.78 is 0. The molecule has 0 unspecified atom stereocenters. The number of rotatable bonds is 2. The zero-order valence-electron chi connectivity index (χ0n) is 3.85. The van der Waals surface area contributed by atoms with Crippen molar-refractivity contribution in [1.29, 1.82) is 0 Å². The van der Waals surface area contributed by atoms with Crippen molar-refractivity contribution in [3.05, 3.63) is 4.91 Å². The molecule has 2 nitrogen and oxygen atoms in total. The molecule has 0 atom stereocenters. The van der Waals surface area contributed by atoms with Gasteiger partial charge in [-0.3, -0.25) is 4.79 Å². The van der Waals surface area contributed by atoms with Crippen LogP contribution in [0.4, 0.5) is 0 Å². The van der Waals surface area contributed by atoms with Gasteiger partial charge in [-0.1, -0.05) is 0 Å². The minimum Gasteiger partial charge on any atom is -0.281 e. The first-order chi connectivity index (χ1) is 3.66. The number of halogens is 1. The van der Waals surface area contributed by atoms with Gasteiger partial charge >= 0.3 is 0 Å². The van der Waals surface area contributed by atoms with Gasteiger partial charge in [-0.15, -0.1) is 12.6 Å². The number of carbonyl (C=O) groups excluding carboxylic acids is 2. The Labute approximate surface area is 56.9 Å². The highest BCUT2D eigenvalue weighted by Gasteiger charge is 1.96. The maximum Gasteiger partial charge on any atom is 0.227 e. The van der Waals surface area contributed by atoms with Crippen molar-refractivity contribution in [2.24, 2.45) is 0 Å². The van der Waals surface area contributed by atoms with Crippen LogP contribution in [0.15, 0.2) is 4.91 Å². The van der Waals surface area contributed by atoms with E-state index >= 15 is 0 Å². The van der Waals surface area contributed by atoms with Gasteiger partial charge in [0.1, 0.15) is 5.94 Å². The molecule has 0 aromatic carbocycles. The minimum absolute atomic E-state index is 0.0324. The average molecular weight is 151 g/mol. The third-order valence-corrected chi connectivity index (χ3v) is 0.807. The van der Waals surface area contributed by atoms with Crippen molar-refractivity contribution < 1.29 is 9.59 Å². The smallest absolute Gasteiger partial charge is 0.227 e. The van der Waals surface area contributed by atoms with Gasteiger partial charge in [0.15, 0.2) is 0 Å². The first-order valence-electron chi connectivity index (χ1n) is 1.78. The first kappa shape index (κ1) is 7.76. The Balaban J connectivity index is 3.74. The molecule has 0 aliphatic rings. The van der Waals surface area contributed by atoms with Crippen molar-refractivity contribution in [2.75, 3.05) is 0 Å². The Morgan fingerprint density at radius 2 is 2.25 bits per heavy atom. The van der Waals surface area contributed by atoms with E-state index in [1.807, 2.05) is 0 Å². The van der Waals surface area contributed by atoms with Crippen LogP contribution in [0.5, 0.6) is 0 Å². The third-order valence-electron chi connectivity index (χ3n) is 0.424. The van der Waals surface area contributed by atoms with E-state index in [1.165, 1.54) is 5.94 Å². The van der Waals surface area contributed by atoms with E-state index in [9.17, 15) is 9.59 Å². The van der Waals surface area contributed by atoms with Crippen LogP contribution in [-0.4, -0.2) is 11.2 Å². The maximum absolute atomic E-state index is 9.93. The van der Waals surface area contributed by atoms with Crippen molar-refractivity contribution >= 4 is 35.4 Å². The normalized spacial score (nSPS) is 7.75. The van der Waals surface area contributed by atoms with Gasteiger partial charge in [-0.2, -0.15) is 0 Å². The van der Waals surface area contributed by atoms with Gasteiger partial charge in [0.2, 0.25) is 5.24 Å². The van der Waals surface area contributed by atoms with Gasteiger partial charge in [0.25, 0.3) is 0 Å². The molecule has 0 N–H and O–H groups in total. The van der Waals surface area contributed by atoms with Gasteiger partial charge in [-0.25, -0.2) is 4.79 Å². The molecule has 4 heteroatoms. The van der Waals surface area contributed by atoms with Crippen LogP contribution in [0.1, 0.15) is 6.42 Å². The summed E-state index contributed by atoms with van der Waals surface area (Å²) in [5, 5.41) is -0.599. The van der Waals surface area contributed by atoms with E-state index in [1.54, 1.807) is 0 Å². The van der Waals surface area contributed by atoms with Crippen LogP contribution in [0, 0.1) is 0 Å². The molecule has 0 saturated heterocycles. The molecule has 44 valence electrons. The van der Waals surface area contributed by atoms with E-state index in [-0.39, 0.29) is 11.3 Å². The number of carbonyl (C=O) groups is 1. The van der Waals surface area contributed by atoms with E-state index in [4.69, 9.17) is 11.6 Å². The lowest BCUT2D eigenvalue weighted by Gasteiger charge is -1.81. The maximum atomic E-state index is 9.93. The summed E-state index contributed by atoms with van der Waals surface area (Å²) in [6.45, 7) is 0. The Morgan fingerprint density at radius 3 is 2.38 bits per heavy atom. The monoisotopic (exact) mass is 150 g/mol. The van der Waals surface area contributed by atoms with Crippen LogP contribution in [-0.2, 0) is 9.59 Å². The third kappa shape index (κ3) is 3.93. The Bertz CT molecular complexity index is 148. The van der Waals surface area contributed by atoms with E-state index in [2.05, 4.69) is 12.6 Å². The molecular formula is C4H3ClO2S. The van der Waals surface area contributed by atoms with Gasteiger partial charge < -0.3 is 0 Å². The average Bonchev–Trinajstić information content (AvgIpc) is 1.65. The summed E-state index contributed by atoms with van der Waals surface area (Å²) in [5.41, 5.74) is 0. The second-order valence-electron chi connectivity index (χ2n) is 1.08. The molecule has 0 radical (unpaired) electrons. The fourth-order valence-electron chi connectivity index (χ4n) is 0.168. The lowest BCUT2D eigenvalue weighted by Crippen LogP contribution is -1.84. The topological polar surface area (TPSA) is 34.1 Å². The van der Waals surface area contributed by atoms with Crippen molar-refractivity contribution in [3.63, 3.8) is 0 Å². The van der Waals surface area contributed by atoms with Crippen molar-refractivity contribution in [1.82, 2.24) is 0 Å². The number of hydrogen-bond donors (Lipinski definition) is 1. The molecule has 0 fully saturated rings. The van der Waals surface area contributed by atoms with Crippen molar-refractivity contribution in [3.8, 4) is 0 Å². The summed E-state index contributed by atoms with van der Waals surface area (Å²) in [6, 6.07) is 0. The summed E-state index contributed by atoms with van der Waals surface area (Å²) in [6.07, 6.45) is -0.131. The van der Waals surface area contributed by atoms with Gasteiger partial charge in [0.05, 0.1) is 11.3 Å². The predicted octanol–water partition coefficient (Wildman–Crippen LogP) is 0.787. The van der Waals surface area contributed by atoms with E-state index in [0.717, 1.165) is 0 Å². The lowest BCUT2D eigenvalue weighted by molar-refractivity contribution is -0.110. The summed E-state index contributed by atoms with van der Waals surface area (Å²) >= 11 is 8.42. The second kappa shape index (κ2) is 3.72. The lowest BCUT2D eigenvalue weighted by atomic mass is 10.5. The highest BCUT2D eigenvalue weighted by molar-refractivity contribution is 7.84. The molecule has 0 aliphatic heterocycles. The molecule has 0 aromatic rings. The van der Waals surface area contributed by atoms with Crippen molar-refractivity contribution in [2.45, 2.75) is 6.42 Å². The molecule has 0 aromatic heterocycles. The summed E-state index contributed by atoms with van der Waals surface area (Å²) in [5.74, 6) is 1.42. The Kier molecular flexibility index (Phi) is 3.61. The van der Waals surface area contributed by atoms with Crippen LogP contribution < -0.4 is 0 Å². The summed E-state index contributed by atoms with van der Waals surface area (Å²) in [4.78, 5) is 19.6. The van der Waals surface area contributed by atoms with Crippen LogP contribution >= 0.6 is 24.2 Å². The zero-order valence-corrected chi connectivity index (χ0v) is 5.50. The quantitative estimate of drug-likeness (QED) is 0.359. The fourth-order valence-corrected chi connectivity index (χ4v) is 0.538. The SMILES string of the molecule is O=C=C(S)CC(=O)Cl. The Hall–Kier alpha value is -0.240. The highest BCUT2D eigenvalue weighted by Crippen LogP contribution is 2.02. The zero-order chi connectivity index (χ0) is 6.57. The molecule has 0 heterocycles. The first-order valence-corrected chi connectivity index (χ1v) is 2.60. The molecule has 0 spiro atoms.